The zero-order valence-electron chi connectivity index (χ0n) is 13.8. The maximum absolute atomic E-state index is 11.9. The average molecular weight is 325 g/mol. The van der Waals surface area contributed by atoms with Gasteiger partial charge in [0, 0.05) is 24.9 Å². The van der Waals surface area contributed by atoms with Gasteiger partial charge in [0.05, 0.1) is 0 Å². The zero-order chi connectivity index (χ0) is 16.6. The van der Waals surface area contributed by atoms with E-state index in [1.165, 1.54) is 31.3 Å². The molecule has 24 heavy (non-hydrogen) atoms. The van der Waals surface area contributed by atoms with E-state index in [1.807, 2.05) is 30.3 Å². The van der Waals surface area contributed by atoms with Gasteiger partial charge in [-0.05, 0) is 44.2 Å². The van der Waals surface area contributed by atoms with Gasteiger partial charge in [-0.3, -0.25) is 4.79 Å². The Balaban J connectivity index is 1.40. The van der Waals surface area contributed by atoms with Crippen molar-refractivity contribution in [3.05, 3.63) is 47.9 Å². The predicted molar refractivity (Wildman–Crippen MR) is 92.2 cm³/mol. The van der Waals surface area contributed by atoms with Gasteiger partial charge in [-0.25, -0.2) is 0 Å². The van der Waals surface area contributed by atoms with E-state index in [-0.39, 0.29) is 5.91 Å². The number of carbonyl (C=O) groups is 1. The van der Waals surface area contributed by atoms with Crippen molar-refractivity contribution in [3.8, 4) is 11.5 Å². The predicted octanol–water partition coefficient (Wildman–Crippen LogP) is 3.68. The Morgan fingerprint density at radius 1 is 1.12 bits per heavy atom. The maximum atomic E-state index is 11.9. The first-order valence-electron chi connectivity index (χ1n) is 8.63. The largest absolute Gasteiger partial charge is 0.421 e. The van der Waals surface area contributed by atoms with Crippen LogP contribution in [0.15, 0.2) is 46.4 Å². The number of carbonyl (C=O) groups excluding carboxylic acids is 1. The number of nitrogens with zero attached hydrogens (tertiary/aromatic N) is 2. The number of amides is 1. The molecule has 0 saturated carbocycles. The highest BCUT2D eigenvalue weighted by atomic mass is 16.4. The van der Waals surface area contributed by atoms with Crippen molar-refractivity contribution in [1.29, 1.82) is 0 Å². The van der Waals surface area contributed by atoms with Gasteiger partial charge in [0.1, 0.15) is 0 Å². The number of aryl methyl sites for hydroxylation is 1. The smallest absolute Gasteiger partial charge is 0.247 e. The molecular weight excluding hydrogens is 302 g/mol. The lowest BCUT2D eigenvalue weighted by Crippen LogP contribution is -2.25. The molecule has 3 rings (SSSR count). The van der Waals surface area contributed by atoms with Gasteiger partial charge in [-0.2, -0.15) is 0 Å². The van der Waals surface area contributed by atoms with Crippen LogP contribution in [0.25, 0.3) is 11.5 Å². The number of nitrogens with one attached hydrogen (secondary N) is 1. The monoisotopic (exact) mass is 325 g/mol. The second-order valence-corrected chi connectivity index (χ2v) is 6.08. The molecule has 1 heterocycles. The summed E-state index contributed by atoms with van der Waals surface area (Å²) in [5.74, 6) is 1.03. The fourth-order valence-corrected chi connectivity index (χ4v) is 2.86. The van der Waals surface area contributed by atoms with Crippen molar-refractivity contribution in [2.24, 2.45) is 0 Å². The number of benzene rings is 1. The summed E-state index contributed by atoms with van der Waals surface area (Å²) in [5.41, 5.74) is 2.37. The van der Waals surface area contributed by atoms with Gasteiger partial charge in [0.15, 0.2) is 0 Å². The second kappa shape index (κ2) is 8.43. The maximum Gasteiger partial charge on any atom is 0.247 e. The Labute approximate surface area is 142 Å². The van der Waals surface area contributed by atoms with E-state index in [4.69, 9.17) is 4.42 Å². The minimum Gasteiger partial charge on any atom is -0.421 e. The van der Waals surface area contributed by atoms with Crippen LogP contribution in [-0.2, 0) is 11.2 Å². The summed E-state index contributed by atoms with van der Waals surface area (Å²) >= 11 is 0. The van der Waals surface area contributed by atoms with Crippen LogP contribution < -0.4 is 5.32 Å². The van der Waals surface area contributed by atoms with Crippen molar-refractivity contribution >= 4 is 5.91 Å². The molecule has 2 aromatic rings. The van der Waals surface area contributed by atoms with E-state index in [9.17, 15) is 4.79 Å². The first-order valence-corrected chi connectivity index (χ1v) is 8.63. The first kappa shape index (κ1) is 16.4. The van der Waals surface area contributed by atoms with Crippen molar-refractivity contribution < 1.29 is 9.21 Å². The van der Waals surface area contributed by atoms with Gasteiger partial charge in [-0.1, -0.05) is 29.8 Å². The lowest BCUT2D eigenvalue weighted by Gasteiger charge is -2.12. The van der Waals surface area contributed by atoms with Crippen molar-refractivity contribution in [1.82, 2.24) is 15.5 Å². The Kier molecular flexibility index (Phi) is 5.77. The van der Waals surface area contributed by atoms with Gasteiger partial charge < -0.3 is 9.73 Å². The van der Waals surface area contributed by atoms with Crippen LogP contribution in [0.1, 0.15) is 44.4 Å². The summed E-state index contributed by atoms with van der Waals surface area (Å²) < 4.78 is 5.61. The highest BCUT2D eigenvalue weighted by Crippen LogP contribution is 2.19. The molecule has 5 heteroatoms. The third kappa shape index (κ3) is 4.78. The van der Waals surface area contributed by atoms with E-state index in [0.717, 1.165) is 12.0 Å². The van der Waals surface area contributed by atoms with Crippen LogP contribution in [0.5, 0.6) is 0 Å². The van der Waals surface area contributed by atoms with Crippen LogP contribution in [-0.4, -0.2) is 22.6 Å². The highest BCUT2D eigenvalue weighted by molar-refractivity contribution is 5.76. The quantitative estimate of drug-likeness (QED) is 0.789. The Bertz CT molecular complexity index is 692. The van der Waals surface area contributed by atoms with Crippen LogP contribution in [0.4, 0.5) is 0 Å². The molecule has 1 aliphatic rings. The molecule has 0 radical (unpaired) electrons. The van der Waals surface area contributed by atoms with Gasteiger partial charge >= 0.3 is 0 Å². The summed E-state index contributed by atoms with van der Waals surface area (Å²) in [6.45, 7) is 0.712. The number of allylic oxidation sites excluding steroid dienone is 1. The zero-order valence-corrected chi connectivity index (χ0v) is 13.8. The van der Waals surface area contributed by atoms with Crippen LogP contribution in [0, 0.1) is 0 Å². The third-order valence-corrected chi connectivity index (χ3v) is 4.21. The van der Waals surface area contributed by atoms with Crippen LogP contribution >= 0.6 is 0 Å². The molecule has 1 N–H and O–H groups in total. The van der Waals surface area contributed by atoms with Crippen LogP contribution in [0.2, 0.25) is 0 Å². The molecule has 0 unspecified atom stereocenters. The SMILES string of the molecule is O=C(CCc1nnc(-c2ccccc2)o1)NCCC1=CCCCC1. The molecule has 1 amide bonds. The van der Waals surface area contributed by atoms with E-state index in [2.05, 4.69) is 21.6 Å². The number of rotatable bonds is 7. The number of hydrogen-bond donors (Lipinski definition) is 1. The topological polar surface area (TPSA) is 68.0 Å². The van der Waals surface area contributed by atoms with Crippen molar-refractivity contribution in [2.75, 3.05) is 6.54 Å². The Hall–Kier alpha value is -2.43. The lowest BCUT2D eigenvalue weighted by atomic mass is 9.97. The van der Waals surface area contributed by atoms with Crippen LogP contribution in [0.3, 0.4) is 0 Å². The molecular formula is C19H23N3O2. The average Bonchev–Trinajstić information content (AvgIpc) is 3.11. The normalized spacial score (nSPS) is 14.2. The summed E-state index contributed by atoms with van der Waals surface area (Å²) in [6.07, 6.45) is 9.06. The Morgan fingerprint density at radius 2 is 2.00 bits per heavy atom. The number of hydrogen-bond acceptors (Lipinski definition) is 4. The minimum atomic E-state index is 0.0332. The molecule has 0 aliphatic heterocycles. The van der Waals surface area contributed by atoms with E-state index in [0.29, 0.717) is 31.2 Å². The van der Waals surface area contributed by atoms with Gasteiger partial charge in [0.25, 0.3) is 0 Å². The van der Waals surface area contributed by atoms with E-state index < -0.39 is 0 Å². The van der Waals surface area contributed by atoms with Crippen molar-refractivity contribution in [3.63, 3.8) is 0 Å². The number of aromatic nitrogens is 2. The molecule has 1 aromatic carbocycles. The summed E-state index contributed by atoms with van der Waals surface area (Å²) in [5, 5.41) is 11.0. The lowest BCUT2D eigenvalue weighted by molar-refractivity contribution is -0.121. The first-order chi connectivity index (χ1) is 11.8. The molecule has 126 valence electrons. The molecule has 0 saturated heterocycles. The summed E-state index contributed by atoms with van der Waals surface area (Å²) in [6, 6.07) is 9.63. The van der Waals surface area contributed by atoms with Gasteiger partial charge in [0.2, 0.25) is 17.7 Å². The molecule has 0 bridgehead atoms. The fraction of sp³-hybridized carbons (Fsp3) is 0.421. The fourth-order valence-electron chi connectivity index (χ4n) is 2.86. The standard InChI is InChI=1S/C19H23N3O2/c23-17(20-14-13-15-7-3-1-4-8-15)11-12-18-21-22-19(24-18)16-9-5-2-6-10-16/h2,5-7,9-10H,1,3-4,8,11-14H2,(H,20,23). The molecule has 0 fully saturated rings. The summed E-state index contributed by atoms with van der Waals surface area (Å²) in [4.78, 5) is 11.9. The molecule has 1 aromatic heterocycles. The molecule has 1 aliphatic carbocycles. The third-order valence-electron chi connectivity index (χ3n) is 4.21. The Morgan fingerprint density at radius 3 is 2.79 bits per heavy atom. The molecule has 5 nitrogen and oxygen atoms in total. The minimum absolute atomic E-state index is 0.0332. The van der Waals surface area contributed by atoms with E-state index >= 15 is 0 Å². The summed E-state index contributed by atoms with van der Waals surface area (Å²) in [7, 11) is 0. The molecule has 0 spiro atoms. The van der Waals surface area contributed by atoms with Gasteiger partial charge in [-0.15, -0.1) is 10.2 Å². The highest BCUT2D eigenvalue weighted by Gasteiger charge is 2.10. The second-order valence-electron chi connectivity index (χ2n) is 6.08. The van der Waals surface area contributed by atoms with E-state index in [1.54, 1.807) is 0 Å². The van der Waals surface area contributed by atoms with Crippen molar-refractivity contribution in [2.45, 2.75) is 44.9 Å². The molecule has 0 atom stereocenters.